The van der Waals surface area contributed by atoms with E-state index < -0.39 is 0 Å². The molecule has 0 unspecified atom stereocenters. The number of aryl methyl sites for hydroxylation is 1. The normalized spacial score (nSPS) is 15.5. The number of nitrogens with zero attached hydrogens (tertiary/aromatic N) is 5. The van der Waals surface area contributed by atoms with Gasteiger partial charge in [0.1, 0.15) is 5.69 Å². The molecule has 1 saturated heterocycles. The maximum absolute atomic E-state index is 12.7. The third-order valence-electron chi connectivity index (χ3n) is 5.12. The van der Waals surface area contributed by atoms with Crippen molar-refractivity contribution < 1.29 is 4.74 Å². The van der Waals surface area contributed by atoms with E-state index in [9.17, 15) is 4.79 Å². The molecule has 0 spiro atoms. The summed E-state index contributed by atoms with van der Waals surface area (Å²) in [6, 6.07) is 3.31. The van der Waals surface area contributed by atoms with E-state index in [1.54, 1.807) is 33.4 Å². The van der Waals surface area contributed by atoms with E-state index in [-0.39, 0.29) is 5.56 Å². The van der Waals surface area contributed by atoms with Gasteiger partial charge in [0.25, 0.3) is 5.56 Å². The van der Waals surface area contributed by atoms with Gasteiger partial charge >= 0.3 is 0 Å². The first kappa shape index (κ1) is 17.3. The number of rotatable bonds is 3. The van der Waals surface area contributed by atoms with Crippen LogP contribution in [0.4, 0.5) is 0 Å². The Balaban J connectivity index is 1.63. The van der Waals surface area contributed by atoms with Crippen LogP contribution in [0.15, 0.2) is 29.3 Å². The second kappa shape index (κ2) is 6.68. The fourth-order valence-corrected chi connectivity index (χ4v) is 4.84. The Hall–Kier alpha value is -2.78. The summed E-state index contributed by atoms with van der Waals surface area (Å²) in [5.41, 5.74) is 2.51. The zero-order valence-corrected chi connectivity index (χ0v) is 16.5. The number of methoxy groups -OCH3 is 1. The van der Waals surface area contributed by atoms with Crippen molar-refractivity contribution in [1.29, 1.82) is 0 Å². The van der Waals surface area contributed by atoms with Gasteiger partial charge in [-0.05, 0) is 38.8 Å². The third-order valence-corrected chi connectivity index (χ3v) is 6.27. The monoisotopic (exact) mass is 396 g/mol. The van der Waals surface area contributed by atoms with Gasteiger partial charge < -0.3 is 10.1 Å². The minimum Gasteiger partial charge on any atom is -0.493 e. The average Bonchev–Trinajstić information content (AvgIpc) is 3.30. The SMILES string of the molecule is COc1cc(-c2cc(=O)n3cc(C4CCNCC4)sc3n2)nn2cc(C)nc12. The minimum atomic E-state index is -0.0980. The zero-order chi connectivity index (χ0) is 19.3. The molecule has 0 aromatic carbocycles. The largest absolute Gasteiger partial charge is 0.493 e. The fourth-order valence-electron chi connectivity index (χ4n) is 3.68. The number of aromatic nitrogens is 5. The van der Waals surface area contributed by atoms with Gasteiger partial charge in [-0.1, -0.05) is 0 Å². The zero-order valence-electron chi connectivity index (χ0n) is 15.7. The molecule has 28 heavy (non-hydrogen) atoms. The highest BCUT2D eigenvalue weighted by molar-refractivity contribution is 7.17. The topological polar surface area (TPSA) is 85.8 Å². The van der Waals surface area contributed by atoms with E-state index in [1.807, 2.05) is 19.3 Å². The predicted molar refractivity (Wildman–Crippen MR) is 107 cm³/mol. The van der Waals surface area contributed by atoms with Crippen LogP contribution in [-0.4, -0.2) is 44.2 Å². The maximum Gasteiger partial charge on any atom is 0.259 e. The van der Waals surface area contributed by atoms with Crippen LogP contribution in [0.2, 0.25) is 0 Å². The van der Waals surface area contributed by atoms with Crippen LogP contribution in [0.1, 0.15) is 29.3 Å². The first-order valence-electron chi connectivity index (χ1n) is 9.27. The predicted octanol–water partition coefficient (Wildman–Crippen LogP) is 2.25. The molecule has 5 rings (SSSR count). The lowest BCUT2D eigenvalue weighted by molar-refractivity contribution is 0.416. The molecule has 0 aliphatic carbocycles. The highest BCUT2D eigenvalue weighted by atomic mass is 32.1. The summed E-state index contributed by atoms with van der Waals surface area (Å²) in [7, 11) is 1.60. The van der Waals surface area contributed by atoms with Gasteiger partial charge in [-0.2, -0.15) is 5.10 Å². The molecular formula is C19H20N6O2S. The lowest BCUT2D eigenvalue weighted by Crippen LogP contribution is -2.26. The number of imidazole rings is 1. The quantitative estimate of drug-likeness (QED) is 0.572. The van der Waals surface area contributed by atoms with Crippen LogP contribution in [0.5, 0.6) is 5.75 Å². The number of thiazole rings is 1. The molecule has 5 heterocycles. The van der Waals surface area contributed by atoms with Gasteiger partial charge in [-0.15, -0.1) is 11.3 Å². The molecule has 4 aromatic heterocycles. The summed E-state index contributed by atoms with van der Waals surface area (Å²) in [6.45, 7) is 3.93. The van der Waals surface area contributed by atoms with E-state index in [0.717, 1.165) is 31.6 Å². The Morgan fingerprint density at radius 3 is 2.79 bits per heavy atom. The molecule has 8 nitrogen and oxygen atoms in total. The highest BCUT2D eigenvalue weighted by Crippen LogP contribution is 2.31. The van der Waals surface area contributed by atoms with Crippen molar-refractivity contribution in [2.75, 3.05) is 20.2 Å². The van der Waals surface area contributed by atoms with Crippen LogP contribution >= 0.6 is 11.3 Å². The molecule has 0 radical (unpaired) electrons. The van der Waals surface area contributed by atoms with Crippen molar-refractivity contribution >= 4 is 21.9 Å². The molecule has 0 amide bonds. The summed E-state index contributed by atoms with van der Waals surface area (Å²) in [6.07, 6.45) is 5.95. The van der Waals surface area contributed by atoms with Crippen molar-refractivity contribution in [2.24, 2.45) is 0 Å². The van der Waals surface area contributed by atoms with Gasteiger partial charge in [-0.3, -0.25) is 9.20 Å². The second-order valence-electron chi connectivity index (χ2n) is 7.04. The molecule has 1 N–H and O–H groups in total. The average molecular weight is 396 g/mol. The van der Waals surface area contributed by atoms with Gasteiger partial charge in [-0.25, -0.2) is 14.5 Å². The summed E-state index contributed by atoms with van der Waals surface area (Å²) in [4.78, 5) is 23.8. The lowest BCUT2D eigenvalue weighted by Gasteiger charge is -2.20. The number of hydrogen-bond donors (Lipinski definition) is 1. The number of piperidine rings is 1. The standard InChI is InChI=1S/C19H20N6O2S/c1-11-9-25-18(21-11)15(27-2)7-14(23-25)13-8-17(26)24-10-16(28-19(24)22-13)12-3-5-20-6-4-12/h7-10,12,20H,3-6H2,1-2H3. The summed E-state index contributed by atoms with van der Waals surface area (Å²) < 4.78 is 8.78. The van der Waals surface area contributed by atoms with Crippen molar-refractivity contribution in [3.63, 3.8) is 0 Å². The van der Waals surface area contributed by atoms with Crippen LogP contribution < -0.4 is 15.6 Å². The molecular weight excluding hydrogens is 376 g/mol. The van der Waals surface area contributed by atoms with Crippen molar-refractivity contribution in [3.8, 4) is 17.1 Å². The molecule has 1 fully saturated rings. The molecule has 0 atom stereocenters. The molecule has 4 aromatic rings. The van der Waals surface area contributed by atoms with Gasteiger partial charge in [0.2, 0.25) is 0 Å². The first-order valence-corrected chi connectivity index (χ1v) is 10.1. The lowest BCUT2D eigenvalue weighted by atomic mass is 9.97. The minimum absolute atomic E-state index is 0.0980. The molecule has 9 heteroatoms. The van der Waals surface area contributed by atoms with Crippen molar-refractivity contribution in [1.82, 2.24) is 29.3 Å². The Morgan fingerprint density at radius 2 is 2.00 bits per heavy atom. The van der Waals surface area contributed by atoms with Crippen LogP contribution in [0.25, 0.3) is 22.0 Å². The van der Waals surface area contributed by atoms with Gasteiger partial charge in [0.05, 0.1) is 24.7 Å². The van der Waals surface area contributed by atoms with E-state index >= 15 is 0 Å². The van der Waals surface area contributed by atoms with E-state index in [4.69, 9.17) is 9.72 Å². The van der Waals surface area contributed by atoms with Crippen LogP contribution in [-0.2, 0) is 0 Å². The Morgan fingerprint density at radius 1 is 1.18 bits per heavy atom. The Bertz CT molecular complexity index is 1230. The van der Waals surface area contributed by atoms with Crippen molar-refractivity contribution in [2.45, 2.75) is 25.7 Å². The maximum atomic E-state index is 12.7. The number of ether oxygens (including phenoxy) is 1. The molecule has 1 aliphatic heterocycles. The fraction of sp³-hybridized carbons (Fsp3) is 0.368. The van der Waals surface area contributed by atoms with E-state index in [2.05, 4.69) is 15.4 Å². The summed E-state index contributed by atoms with van der Waals surface area (Å²) >= 11 is 1.59. The molecule has 0 saturated carbocycles. The van der Waals surface area contributed by atoms with E-state index in [1.165, 1.54) is 10.9 Å². The Kier molecular flexibility index (Phi) is 4.13. The molecule has 144 valence electrons. The molecule has 0 bridgehead atoms. The number of nitrogens with one attached hydrogen (secondary N) is 1. The Labute approximate surface area is 164 Å². The number of hydrogen-bond acceptors (Lipinski definition) is 7. The molecule has 1 aliphatic rings. The summed E-state index contributed by atoms with van der Waals surface area (Å²) in [5.74, 6) is 1.08. The second-order valence-corrected chi connectivity index (χ2v) is 8.08. The highest BCUT2D eigenvalue weighted by Gasteiger charge is 2.20. The number of fused-ring (bicyclic) bond motifs is 2. The van der Waals surface area contributed by atoms with Crippen molar-refractivity contribution in [3.05, 3.63) is 45.5 Å². The van der Waals surface area contributed by atoms with Gasteiger partial charge in [0.15, 0.2) is 16.4 Å². The third kappa shape index (κ3) is 2.87. The smallest absolute Gasteiger partial charge is 0.259 e. The van der Waals surface area contributed by atoms with Crippen LogP contribution in [0.3, 0.4) is 0 Å². The summed E-state index contributed by atoms with van der Waals surface area (Å²) in [5, 5.41) is 7.96. The van der Waals surface area contributed by atoms with Gasteiger partial charge in [0, 0.05) is 23.2 Å². The van der Waals surface area contributed by atoms with Crippen LogP contribution in [0, 0.1) is 6.92 Å². The first-order chi connectivity index (χ1) is 13.6. The van der Waals surface area contributed by atoms with E-state index in [0.29, 0.717) is 33.7 Å².